The highest BCUT2D eigenvalue weighted by Gasteiger charge is 2.30. The molecule has 0 aliphatic carbocycles. The minimum atomic E-state index is 0.762. The van der Waals surface area contributed by atoms with Crippen LogP contribution in [0.3, 0.4) is 0 Å². The molecule has 0 bridgehead atoms. The Balaban J connectivity index is 1.51. The first kappa shape index (κ1) is 15.1. The molecule has 3 heterocycles. The third-order valence-electron chi connectivity index (χ3n) is 5.00. The predicted molar refractivity (Wildman–Crippen MR) is 101 cm³/mol. The number of benzene rings is 2. The van der Waals surface area contributed by atoms with Crippen molar-refractivity contribution in [1.82, 2.24) is 14.7 Å². The third-order valence-corrected chi connectivity index (χ3v) is 5.00. The van der Waals surface area contributed by atoms with Gasteiger partial charge in [0.1, 0.15) is 0 Å². The molecule has 128 valence electrons. The Kier molecular flexibility index (Phi) is 3.32. The summed E-state index contributed by atoms with van der Waals surface area (Å²) in [7, 11) is 0. The number of hydrogen-bond acceptors (Lipinski definition) is 3. The van der Waals surface area contributed by atoms with E-state index in [-0.39, 0.29) is 0 Å². The molecule has 1 aliphatic heterocycles. The summed E-state index contributed by atoms with van der Waals surface area (Å²) in [6.07, 6.45) is 2.83. The van der Waals surface area contributed by atoms with E-state index >= 15 is 0 Å². The summed E-state index contributed by atoms with van der Waals surface area (Å²) >= 11 is 0. The summed E-state index contributed by atoms with van der Waals surface area (Å²) in [4.78, 5) is 4.62. The Morgan fingerprint density at radius 1 is 1.04 bits per heavy atom. The van der Waals surface area contributed by atoms with E-state index in [9.17, 15) is 0 Å². The molecule has 0 radical (unpaired) electrons. The molecule has 0 unspecified atom stereocenters. The molecule has 4 heteroatoms. The molecule has 4 nitrogen and oxygen atoms in total. The fourth-order valence-electron chi connectivity index (χ4n) is 3.75. The monoisotopic (exact) mass is 341 g/mol. The van der Waals surface area contributed by atoms with E-state index in [1.807, 2.05) is 6.20 Å². The highest BCUT2D eigenvalue weighted by atomic mass is 16.5. The van der Waals surface area contributed by atoms with Gasteiger partial charge in [0.2, 0.25) is 0 Å². The lowest BCUT2D eigenvalue weighted by molar-refractivity contribution is 0.431. The number of hydrogen-bond donors (Lipinski definition) is 0. The van der Waals surface area contributed by atoms with Gasteiger partial charge in [0.25, 0.3) is 0 Å². The molecule has 0 N–H and O–H groups in total. The van der Waals surface area contributed by atoms with Crippen molar-refractivity contribution in [3.8, 4) is 22.8 Å². The van der Waals surface area contributed by atoms with Crippen molar-refractivity contribution in [2.75, 3.05) is 0 Å². The summed E-state index contributed by atoms with van der Waals surface area (Å²) < 4.78 is 7.93. The molecule has 2 aromatic heterocycles. The van der Waals surface area contributed by atoms with Crippen molar-refractivity contribution >= 4 is 0 Å². The lowest BCUT2D eigenvalue weighted by atomic mass is 10.1. The molecule has 26 heavy (non-hydrogen) atoms. The second-order valence-electron chi connectivity index (χ2n) is 7.03. The highest BCUT2D eigenvalue weighted by molar-refractivity contribution is 5.73. The first-order chi connectivity index (χ1) is 12.7. The van der Waals surface area contributed by atoms with Crippen molar-refractivity contribution in [1.29, 1.82) is 0 Å². The Labute approximate surface area is 152 Å². The van der Waals surface area contributed by atoms with Crippen LogP contribution in [0.5, 0.6) is 0 Å². The minimum absolute atomic E-state index is 0.762. The van der Waals surface area contributed by atoms with Gasteiger partial charge in [-0.1, -0.05) is 58.7 Å². The maximum Gasteiger partial charge on any atom is 0.172 e. The van der Waals surface area contributed by atoms with E-state index in [4.69, 9.17) is 4.52 Å². The van der Waals surface area contributed by atoms with Crippen LogP contribution >= 0.6 is 0 Å². The number of aromatic nitrogens is 3. The van der Waals surface area contributed by atoms with Gasteiger partial charge in [0.15, 0.2) is 17.3 Å². The zero-order valence-electron chi connectivity index (χ0n) is 14.9. The van der Waals surface area contributed by atoms with E-state index in [0.717, 1.165) is 41.4 Å². The molecule has 2 aromatic carbocycles. The maximum atomic E-state index is 5.68. The van der Waals surface area contributed by atoms with Gasteiger partial charge in [0.05, 0.1) is 12.1 Å². The van der Waals surface area contributed by atoms with Crippen LogP contribution in [-0.4, -0.2) is 14.7 Å². The summed E-state index contributed by atoms with van der Waals surface area (Å²) in [6, 6.07) is 17.0. The Morgan fingerprint density at radius 2 is 1.85 bits per heavy atom. The number of imidazole rings is 1. The molecule has 4 aromatic rings. The van der Waals surface area contributed by atoms with Crippen LogP contribution in [0.1, 0.15) is 27.9 Å². The van der Waals surface area contributed by atoms with Crippen molar-refractivity contribution in [3.05, 3.63) is 82.7 Å². The van der Waals surface area contributed by atoms with Crippen LogP contribution in [0.2, 0.25) is 0 Å². The summed E-state index contributed by atoms with van der Waals surface area (Å²) in [5.74, 6) is 1.76. The Hall–Kier alpha value is -3.14. The summed E-state index contributed by atoms with van der Waals surface area (Å²) in [5.41, 5.74) is 8.08. The molecule has 0 amide bonds. The lowest BCUT2D eigenvalue weighted by Crippen LogP contribution is -2.01. The number of aryl methyl sites for hydroxylation is 2. The van der Waals surface area contributed by atoms with E-state index in [2.05, 4.69) is 77.1 Å². The van der Waals surface area contributed by atoms with Crippen molar-refractivity contribution in [2.45, 2.75) is 26.8 Å². The number of nitrogens with zero attached hydrogens (tertiary/aromatic N) is 3. The molecular weight excluding hydrogens is 322 g/mol. The zero-order chi connectivity index (χ0) is 17.7. The van der Waals surface area contributed by atoms with E-state index in [1.165, 1.54) is 22.4 Å². The highest BCUT2D eigenvalue weighted by Crippen LogP contribution is 2.38. The number of rotatable bonds is 3. The summed E-state index contributed by atoms with van der Waals surface area (Å²) in [6.45, 7) is 4.98. The largest absolute Gasteiger partial charge is 0.355 e. The van der Waals surface area contributed by atoms with Crippen LogP contribution < -0.4 is 0 Å². The molecular formula is C22H19N3O. The van der Waals surface area contributed by atoms with E-state index in [0.29, 0.717) is 0 Å². The van der Waals surface area contributed by atoms with Crippen LogP contribution in [0.4, 0.5) is 0 Å². The molecule has 0 fully saturated rings. The molecule has 0 saturated heterocycles. The fraction of sp³-hybridized carbons (Fsp3) is 0.182. The Bertz CT molecular complexity index is 1120. The topological polar surface area (TPSA) is 43.9 Å². The predicted octanol–water partition coefficient (Wildman–Crippen LogP) is 4.77. The van der Waals surface area contributed by atoms with Gasteiger partial charge in [-0.3, -0.25) is 0 Å². The lowest BCUT2D eigenvalue weighted by Gasteiger charge is -2.07. The van der Waals surface area contributed by atoms with Crippen molar-refractivity contribution < 1.29 is 4.52 Å². The van der Waals surface area contributed by atoms with Gasteiger partial charge in [-0.2, -0.15) is 0 Å². The molecule has 0 spiro atoms. The Morgan fingerprint density at radius 3 is 2.65 bits per heavy atom. The standard InChI is InChI=1S/C22H19N3O/c1-14-5-3-7-16(9-14)11-18-12-23-22-20-19(13-25(18)22)21(26-24-20)17-8-4-6-15(2)10-17/h3-10,12H,11,13H2,1-2H3. The smallest absolute Gasteiger partial charge is 0.172 e. The normalized spacial score (nSPS) is 12.2. The second-order valence-corrected chi connectivity index (χ2v) is 7.03. The average molecular weight is 341 g/mol. The minimum Gasteiger partial charge on any atom is -0.355 e. The van der Waals surface area contributed by atoms with Crippen LogP contribution in [0.15, 0.2) is 59.3 Å². The number of fused-ring (bicyclic) bond motifs is 3. The maximum absolute atomic E-state index is 5.68. The summed E-state index contributed by atoms with van der Waals surface area (Å²) in [5, 5.41) is 4.32. The third kappa shape index (κ3) is 2.37. The molecule has 0 saturated carbocycles. The van der Waals surface area contributed by atoms with Gasteiger partial charge in [-0.15, -0.1) is 0 Å². The van der Waals surface area contributed by atoms with E-state index < -0.39 is 0 Å². The quantitative estimate of drug-likeness (QED) is 0.474. The van der Waals surface area contributed by atoms with Crippen LogP contribution in [0, 0.1) is 13.8 Å². The second kappa shape index (κ2) is 5.70. The average Bonchev–Trinajstić information content (AvgIpc) is 3.28. The van der Waals surface area contributed by atoms with Crippen molar-refractivity contribution in [3.63, 3.8) is 0 Å². The van der Waals surface area contributed by atoms with Gasteiger partial charge in [-0.25, -0.2) is 4.98 Å². The molecule has 1 aliphatic rings. The van der Waals surface area contributed by atoms with Crippen LogP contribution in [-0.2, 0) is 13.0 Å². The zero-order valence-corrected chi connectivity index (χ0v) is 14.9. The van der Waals surface area contributed by atoms with Gasteiger partial charge >= 0.3 is 0 Å². The van der Waals surface area contributed by atoms with Gasteiger partial charge in [0, 0.05) is 23.9 Å². The molecule has 5 rings (SSSR count). The first-order valence-electron chi connectivity index (χ1n) is 8.85. The van der Waals surface area contributed by atoms with Gasteiger partial charge < -0.3 is 9.09 Å². The SMILES string of the molecule is Cc1cccc(Cc2cnc3n2Cc2c-3noc2-c2cccc(C)c2)c1. The first-order valence-corrected chi connectivity index (χ1v) is 8.85. The molecule has 0 atom stereocenters. The fourth-order valence-corrected chi connectivity index (χ4v) is 3.75. The van der Waals surface area contributed by atoms with Crippen molar-refractivity contribution in [2.24, 2.45) is 0 Å². The van der Waals surface area contributed by atoms with Gasteiger partial charge in [-0.05, 0) is 25.5 Å². The van der Waals surface area contributed by atoms with E-state index in [1.54, 1.807) is 0 Å². The van der Waals surface area contributed by atoms with Crippen LogP contribution in [0.25, 0.3) is 22.8 Å².